The quantitative estimate of drug-likeness (QED) is 0.812. The molecule has 0 aromatic carbocycles. The van der Waals surface area contributed by atoms with Crippen LogP contribution < -0.4 is 5.73 Å². The maximum absolute atomic E-state index is 6.23. The zero-order valence-corrected chi connectivity index (χ0v) is 12.5. The first-order valence-electron chi connectivity index (χ1n) is 7.73. The van der Waals surface area contributed by atoms with Crippen LogP contribution in [0.5, 0.6) is 0 Å². The molecule has 1 saturated carbocycles. The summed E-state index contributed by atoms with van der Waals surface area (Å²) in [5.74, 6) is 0.955. The Labute approximate surface area is 113 Å². The van der Waals surface area contributed by atoms with E-state index >= 15 is 0 Å². The van der Waals surface area contributed by atoms with E-state index in [4.69, 9.17) is 5.73 Å². The van der Waals surface area contributed by atoms with Crippen molar-refractivity contribution in [1.29, 1.82) is 0 Å². The van der Waals surface area contributed by atoms with E-state index in [9.17, 15) is 0 Å². The first-order chi connectivity index (χ1) is 8.57. The molecule has 1 unspecified atom stereocenters. The Hall–Kier alpha value is -0.120. The van der Waals surface area contributed by atoms with Gasteiger partial charge in [0.15, 0.2) is 0 Å². The first kappa shape index (κ1) is 14.3. The van der Waals surface area contributed by atoms with Crippen LogP contribution in [-0.2, 0) is 0 Å². The summed E-state index contributed by atoms with van der Waals surface area (Å²) in [6.45, 7) is 9.22. The summed E-state index contributed by atoms with van der Waals surface area (Å²) < 4.78 is 0. The summed E-state index contributed by atoms with van der Waals surface area (Å²) in [6.07, 6.45) is 6.68. The average Bonchev–Trinajstić information content (AvgIpc) is 3.14. The molecule has 0 amide bonds. The lowest BCUT2D eigenvalue weighted by atomic mass is 9.87. The van der Waals surface area contributed by atoms with Crippen molar-refractivity contribution in [2.45, 2.75) is 57.5 Å². The smallest absolute Gasteiger partial charge is 0.0347 e. The van der Waals surface area contributed by atoms with Crippen molar-refractivity contribution in [3.05, 3.63) is 0 Å². The van der Waals surface area contributed by atoms with Crippen molar-refractivity contribution in [3.8, 4) is 0 Å². The first-order valence-corrected chi connectivity index (χ1v) is 7.73. The van der Waals surface area contributed by atoms with Gasteiger partial charge in [-0.15, -0.1) is 0 Å². The molecule has 106 valence electrons. The van der Waals surface area contributed by atoms with Crippen LogP contribution in [0.25, 0.3) is 0 Å². The molecule has 1 atom stereocenters. The molecule has 2 N–H and O–H groups in total. The number of hydrogen-bond donors (Lipinski definition) is 1. The van der Waals surface area contributed by atoms with Crippen LogP contribution in [0.1, 0.15) is 46.0 Å². The summed E-state index contributed by atoms with van der Waals surface area (Å²) in [7, 11) is 2.24. The monoisotopic (exact) mass is 253 g/mol. The van der Waals surface area contributed by atoms with Gasteiger partial charge in [0, 0.05) is 24.7 Å². The molecule has 2 aliphatic rings. The van der Waals surface area contributed by atoms with Gasteiger partial charge in [-0.05, 0) is 72.0 Å². The molecule has 3 heteroatoms. The second kappa shape index (κ2) is 5.89. The number of nitrogens with zero attached hydrogens (tertiary/aromatic N) is 2. The van der Waals surface area contributed by atoms with Gasteiger partial charge >= 0.3 is 0 Å². The Kier molecular flexibility index (Phi) is 4.68. The fourth-order valence-corrected chi connectivity index (χ4v) is 3.45. The SMILES string of the molecule is CC(C)N(CC1CC1)C1(CN)CCCN(C)CC1. The molecule has 2 fully saturated rings. The lowest BCUT2D eigenvalue weighted by molar-refractivity contribution is 0.0438. The van der Waals surface area contributed by atoms with Crippen LogP contribution in [-0.4, -0.2) is 54.6 Å². The summed E-state index contributed by atoms with van der Waals surface area (Å²) >= 11 is 0. The normalized spacial score (nSPS) is 31.0. The van der Waals surface area contributed by atoms with Crippen molar-refractivity contribution in [3.63, 3.8) is 0 Å². The minimum absolute atomic E-state index is 0.265. The Morgan fingerprint density at radius 2 is 2.00 bits per heavy atom. The molecule has 0 spiro atoms. The summed E-state index contributed by atoms with van der Waals surface area (Å²) in [5, 5.41) is 0. The van der Waals surface area contributed by atoms with Gasteiger partial charge in [0.25, 0.3) is 0 Å². The summed E-state index contributed by atoms with van der Waals surface area (Å²) in [5.41, 5.74) is 6.49. The van der Waals surface area contributed by atoms with Crippen LogP contribution in [0.3, 0.4) is 0 Å². The zero-order valence-electron chi connectivity index (χ0n) is 12.5. The number of rotatable bonds is 5. The topological polar surface area (TPSA) is 32.5 Å². The van der Waals surface area contributed by atoms with Crippen LogP contribution >= 0.6 is 0 Å². The van der Waals surface area contributed by atoms with E-state index in [-0.39, 0.29) is 5.54 Å². The standard InChI is InChI=1S/C15H31N3/c1-13(2)18(11-14-5-6-14)15(12-16)7-4-9-17(3)10-8-15/h13-14H,4-12,16H2,1-3H3. The second-order valence-corrected chi connectivity index (χ2v) is 6.77. The molecule has 18 heavy (non-hydrogen) atoms. The minimum atomic E-state index is 0.265. The van der Waals surface area contributed by atoms with Crippen LogP contribution in [0.15, 0.2) is 0 Å². The van der Waals surface area contributed by atoms with E-state index in [1.807, 2.05) is 0 Å². The molecule has 0 aromatic rings. The number of hydrogen-bond acceptors (Lipinski definition) is 3. The summed E-state index contributed by atoms with van der Waals surface area (Å²) in [6, 6.07) is 0.623. The molecular formula is C15H31N3. The molecule has 0 aromatic heterocycles. The molecule has 1 heterocycles. The third-order valence-corrected chi connectivity index (χ3v) is 4.91. The third-order valence-electron chi connectivity index (χ3n) is 4.91. The predicted molar refractivity (Wildman–Crippen MR) is 77.7 cm³/mol. The van der Waals surface area contributed by atoms with Crippen molar-refractivity contribution in [2.24, 2.45) is 11.7 Å². The highest BCUT2D eigenvalue weighted by atomic mass is 15.2. The van der Waals surface area contributed by atoms with Crippen molar-refractivity contribution in [1.82, 2.24) is 9.80 Å². The minimum Gasteiger partial charge on any atom is -0.329 e. The van der Waals surface area contributed by atoms with E-state index in [0.717, 1.165) is 12.5 Å². The van der Waals surface area contributed by atoms with E-state index in [0.29, 0.717) is 6.04 Å². The number of nitrogens with two attached hydrogens (primary N) is 1. The van der Waals surface area contributed by atoms with Crippen molar-refractivity contribution in [2.75, 3.05) is 33.2 Å². The zero-order chi connectivity index (χ0) is 13.2. The van der Waals surface area contributed by atoms with Gasteiger partial charge in [-0.3, -0.25) is 4.90 Å². The lowest BCUT2D eigenvalue weighted by Gasteiger charge is -2.46. The van der Waals surface area contributed by atoms with Gasteiger partial charge in [-0.25, -0.2) is 0 Å². The molecule has 2 rings (SSSR count). The van der Waals surface area contributed by atoms with E-state index in [2.05, 4.69) is 30.7 Å². The van der Waals surface area contributed by atoms with Crippen molar-refractivity contribution < 1.29 is 0 Å². The molecular weight excluding hydrogens is 222 g/mol. The van der Waals surface area contributed by atoms with E-state index in [1.54, 1.807) is 0 Å². The highest BCUT2D eigenvalue weighted by molar-refractivity contribution is 4.97. The van der Waals surface area contributed by atoms with Crippen LogP contribution in [0.4, 0.5) is 0 Å². The van der Waals surface area contributed by atoms with Crippen molar-refractivity contribution >= 4 is 0 Å². The predicted octanol–water partition coefficient (Wildman–Crippen LogP) is 1.92. The van der Waals surface area contributed by atoms with Crippen LogP contribution in [0.2, 0.25) is 0 Å². The molecule has 1 saturated heterocycles. The second-order valence-electron chi connectivity index (χ2n) is 6.77. The highest BCUT2D eigenvalue weighted by Gasteiger charge is 2.40. The van der Waals surface area contributed by atoms with Gasteiger partial charge in [0.05, 0.1) is 0 Å². The molecule has 0 bridgehead atoms. The maximum atomic E-state index is 6.23. The summed E-state index contributed by atoms with van der Waals surface area (Å²) in [4.78, 5) is 5.21. The Morgan fingerprint density at radius 1 is 1.28 bits per heavy atom. The van der Waals surface area contributed by atoms with Gasteiger partial charge in [0.2, 0.25) is 0 Å². The van der Waals surface area contributed by atoms with E-state index < -0.39 is 0 Å². The molecule has 1 aliphatic heterocycles. The van der Waals surface area contributed by atoms with Gasteiger partial charge in [-0.2, -0.15) is 0 Å². The third kappa shape index (κ3) is 3.25. The lowest BCUT2D eigenvalue weighted by Crippen LogP contribution is -2.57. The van der Waals surface area contributed by atoms with Gasteiger partial charge in [-0.1, -0.05) is 0 Å². The average molecular weight is 253 g/mol. The van der Waals surface area contributed by atoms with Gasteiger partial charge < -0.3 is 10.6 Å². The van der Waals surface area contributed by atoms with Crippen LogP contribution in [0, 0.1) is 5.92 Å². The van der Waals surface area contributed by atoms with E-state index in [1.165, 1.54) is 51.7 Å². The Morgan fingerprint density at radius 3 is 2.56 bits per heavy atom. The molecule has 3 nitrogen and oxygen atoms in total. The molecule has 1 aliphatic carbocycles. The Bertz CT molecular complexity index is 262. The maximum Gasteiger partial charge on any atom is 0.0347 e. The highest BCUT2D eigenvalue weighted by Crippen LogP contribution is 2.36. The Balaban J connectivity index is 2.10. The largest absolute Gasteiger partial charge is 0.329 e. The van der Waals surface area contributed by atoms with Gasteiger partial charge in [0.1, 0.15) is 0 Å². The fourth-order valence-electron chi connectivity index (χ4n) is 3.45. The molecule has 0 radical (unpaired) electrons. The fraction of sp³-hybridized carbons (Fsp3) is 1.00. The number of likely N-dealkylation sites (tertiary alicyclic amines) is 1.